The first-order chi connectivity index (χ1) is 8.28. The molecule has 5 nitrogen and oxygen atoms in total. The fourth-order valence-electron chi connectivity index (χ4n) is 1.08. The Kier molecular flexibility index (Phi) is 5.55. The first kappa shape index (κ1) is 15.4. The van der Waals surface area contributed by atoms with Gasteiger partial charge in [0.1, 0.15) is 5.60 Å². The average Bonchev–Trinajstić information content (AvgIpc) is 2.18. The number of carbonyl (C=O) groups is 1. The average molecular weight is 381 g/mol. The Labute approximate surface area is 123 Å². The molecule has 0 unspecified atom stereocenters. The summed E-state index contributed by atoms with van der Waals surface area (Å²) in [7, 11) is 0. The van der Waals surface area contributed by atoms with Crippen LogP contribution in [0.15, 0.2) is 21.2 Å². The van der Waals surface area contributed by atoms with Crippen LogP contribution < -0.4 is 10.9 Å². The molecular weight excluding hydrogens is 366 g/mol. The number of rotatable bonds is 3. The van der Waals surface area contributed by atoms with Crippen molar-refractivity contribution in [1.82, 2.24) is 15.8 Å². The van der Waals surface area contributed by atoms with Gasteiger partial charge in [-0.1, -0.05) is 0 Å². The molecular formula is C11H15Br2N3O2. The number of aromatic nitrogens is 1. The van der Waals surface area contributed by atoms with E-state index in [4.69, 9.17) is 4.74 Å². The van der Waals surface area contributed by atoms with Crippen molar-refractivity contribution >= 4 is 38.0 Å². The second-order valence-corrected chi connectivity index (χ2v) is 6.33. The van der Waals surface area contributed by atoms with Gasteiger partial charge >= 0.3 is 6.09 Å². The quantitative estimate of drug-likeness (QED) is 0.790. The van der Waals surface area contributed by atoms with E-state index in [1.54, 1.807) is 27.0 Å². The van der Waals surface area contributed by atoms with Crippen LogP contribution in [0, 0.1) is 0 Å². The smallest absolute Gasteiger partial charge is 0.422 e. The Bertz CT molecular complexity index is 433. The highest BCUT2D eigenvalue weighted by Crippen LogP contribution is 2.19. The van der Waals surface area contributed by atoms with Crippen LogP contribution in [0.5, 0.6) is 0 Å². The molecule has 0 aliphatic carbocycles. The predicted molar refractivity (Wildman–Crippen MR) is 75.8 cm³/mol. The van der Waals surface area contributed by atoms with Crippen molar-refractivity contribution < 1.29 is 9.53 Å². The van der Waals surface area contributed by atoms with Crippen LogP contribution in [0.1, 0.15) is 26.5 Å². The summed E-state index contributed by atoms with van der Waals surface area (Å²) in [5, 5.41) is 0. The number of nitrogens with one attached hydrogen (secondary N) is 2. The molecule has 0 aliphatic rings. The summed E-state index contributed by atoms with van der Waals surface area (Å²) in [6.45, 7) is 5.81. The number of ether oxygens (including phenoxy) is 1. The lowest BCUT2D eigenvalue weighted by atomic mass is 10.2. The molecule has 7 heteroatoms. The van der Waals surface area contributed by atoms with Crippen molar-refractivity contribution in [2.24, 2.45) is 0 Å². The lowest BCUT2D eigenvalue weighted by Gasteiger charge is -2.19. The molecule has 1 amide bonds. The van der Waals surface area contributed by atoms with Gasteiger partial charge in [-0.2, -0.15) is 0 Å². The maximum Gasteiger partial charge on any atom is 0.422 e. The SMILES string of the molecule is CC(C)(C)OC(=O)NNCc1ncc(Br)cc1Br. The molecule has 0 bridgehead atoms. The number of hydrazine groups is 1. The molecule has 0 aliphatic heterocycles. The fraction of sp³-hybridized carbons (Fsp3) is 0.455. The van der Waals surface area contributed by atoms with Gasteiger partial charge in [0.2, 0.25) is 0 Å². The van der Waals surface area contributed by atoms with Gasteiger partial charge in [-0.25, -0.2) is 10.2 Å². The van der Waals surface area contributed by atoms with Crippen molar-refractivity contribution in [2.75, 3.05) is 0 Å². The minimum absolute atomic E-state index is 0.396. The monoisotopic (exact) mass is 379 g/mol. The molecule has 0 saturated carbocycles. The number of pyridine rings is 1. The van der Waals surface area contributed by atoms with E-state index >= 15 is 0 Å². The predicted octanol–water partition coefficient (Wildman–Crippen LogP) is 3.14. The van der Waals surface area contributed by atoms with Crippen LogP contribution in [0.3, 0.4) is 0 Å². The maximum atomic E-state index is 11.4. The molecule has 1 rings (SSSR count). The summed E-state index contributed by atoms with van der Waals surface area (Å²) in [5.41, 5.74) is 5.47. The Hall–Kier alpha value is -0.660. The molecule has 0 fully saturated rings. The second kappa shape index (κ2) is 6.49. The number of carbonyl (C=O) groups excluding carboxylic acids is 1. The highest BCUT2D eigenvalue weighted by molar-refractivity contribution is 9.11. The summed E-state index contributed by atoms with van der Waals surface area (Å²) >= 11 is 6.70. The lowest BCUT2D eigenvalue weighted by Crippen LogP contribution is -2.40. The minimum atomic E-state index is -0.518. The zero-order chi connectivity index (χ0) is 13.8. The van der Waals surface area contributed by atoms with Crippen LogP contribution in [-0.4, -0.2) is 16.7 Å². The molecule has 0 spiro atoms. The molecule has 0 saturated heterocycles. The number of amides is 1. The summed E-state index contributed by atoms with van der Waals surface area (Å²) in [4.78, 5) is 15.6. The first-order valence-electron chi connectivity index (χ1n) is 5.30. The molecule has 1 heterocycles. The van der Waals surface area contributed by atoms with E-state index in [-0.39, 0.29) is 0 Å². The van der Waals surface area contributed by atoms with Gasteiger partial charge in [0, 0.05) is 15.1 Å². The van der Waals surface area contributed by atoms with Crippen molar-refractivity contribution in [1.29, 1.82) is 0 Å². The zero-order valence-corrected chi connectivity index (χ0v) is 13.6. The maximum absolute atomic E-state index is 11.4. The van der Waals surface area contributed by atoms with Crippen LogP contribution in [-0.2, 0) is 11.3 Å². The van der Waals surface area contributed by atoms with Gasteiger partial charge in [0.05, 0.1) is 12.2 Å². The third-order valence-corrected chi connectivity index (χ3v) is 2.85. The third-order valence-electron chi connectivity index (χ3n) is 1.73. The normalized spacial score (nSPS) is 11.2. The highest BCUT2D eigenvalue weighted by atomic mass is 79.9. The van der Waals surface area contributed by atoms with E-state index in [1.807, 2.05) is 6.07 Å². The van der Waals surface area contributed by atoms with E-state index in [0.29, 0.717) is 6.54 Å². The topological polar surface area (TPSA) is 63.2 Å². The molecule has 1 aromatic heterocycles. The van der Waals surface area contributed by atoms with E-state index in [1.165, 1.54) is 0 Å². The second-order valence-electron chi connectivity index (χ2n) is 4.56. The van der Waals surface area contributed by atoms with E-state index in [2.05, 4.69) is 47.7 Å². The van der Waals surface area contributed by atoms with Gasteiger partial charge in [-0.3, -0.25) is 10.4 Å². The summed E-state index contributed by atoms with van der Waals surface area (Å²) in [6.07, 6.45) is 1.17. The molecule has 18 heavy (non-hydrogen) atoms. The highest BCUT2D eigenvalue weighted by Gasteiger charge is 2.15. The van der Waals surface area contributed by atoms with Crippen LogP contribution in [0.25, 0.3) is 0 Å². The standard InChI is InChI=1S/C11H15Br2N3O2/c1-11(2,3)18-10(17)16-15-6-9-8(13)4-7(12)5-14-9/h4-5,15H,6H2,1-3H3,(H,16,17). The Morgan fingerprint density at radius 1 is 1.44 bits per heavy atom. The van der Waals surface area contributed by atoms with Crippen molar-refractivity contribution in [3.63, 3.8) is 0 Å². The van der Waals surface area contributed by atoms with Crippen molar-refractivity contribution in [2.45, 2.75) is 32.9 Å². The summed E-state index contributed by atoms with van der Waals surface area (Å²) in [6, 6.07) is 1.89. The minimum Gasteiger partial charge on any atom is -0.443 e. The van der Waals surface area contributed by atoms with Gasteiger partial charge in [-0.05, 0) is 58.7 Å². The van der Waals surface area contributed by atoms with Gasteiger partial charge in [-0.15, -0.1) is 0 Å². The van der Waals surface area contributed by atoms with Crippen LogP contribution in [0.4, 0.5) is 4.79 Å². The molecule has 2 N–H and O–H groups in total. The van der Waals surface area contributed by atoms with Gasteiger partial charge in [0.25, 0.3) is 0 Å². The zero-order valence-electron chi connectivity index (χ0n) is 10.4. The number of nitrogens with zero attached hydrogens (tertiary/aromatic N) is 1. The largest absolute Gasteiger partial charge is 0.443 e. The molecule has 1 aromatic rings. The van der Waals surface area contributed by atoms with Crippen molar-refractivity contribution in [3.8, 4) is 0 Å². The number of hydrogen-bond acceptors (Lipinski definition) is 4. The fourth-order valence-corrected chi connectivity index (χ4v) is 2.20. The van der Waals surface area contributed by atoms with E-state index < -0.39 is 11.7 Å². The molecule has 0 atom stereocenters. The molecule has 100 valence electrons. The number of hydrogen-bond donors (Lipinski definition) is 2. The number of halogens is 2. The summed E-state index contributed by atoms with van der Waals surface area (Å²) < 4.78 is 6.82. The lowest BCUT2D eigenvalue weighted by molar-refractivity contribution is 0.0496. The van der Waals surface area contributed by atoms with E-state index in [0.717, 1.165) is 14.6 Å². The Balaban J connectivity index is 2.40. The van der Waals surface area contributed by atoms with Crippen LogP contribution in [0.2, 0.25) is 0 Å². The Morgan fingerprint density at radius 2 is 2.11 bits per heavy atom. The Morgan fingerprint density at radius 3 is 2.67 bits per heavy atom. The van der Waals surface area contributed by atoms with Crippen molar-refractivity contribution in [3.05, 3.63) is 26.9 Å². The van der Waals surface area contributed by atoms with Gasteiger partial charge < -0.3 is 4.74 Å². The first-order valence-corrected chi connectivity index (χ1v) is 6.88. The summed E-state index contributed by atoms with van der Waals surface area (Å²) in [5.74, 6) is 0. The van der Waals surface area contributed by atoms with Crippen LogP contribution >= 0.6 is 31.9 Å². The van der Waals surface area contributed by atoms with Gasteiger partial charge in [0.15, 0.2) is 0 Å². The molecule has 0 radical (unpaired) electrons. The van der Waals surface area contributed by atoms with E-state index in [9.17, 15) is 4.79 Å². The third kappa shape index (κ3) is 5.79. The molecule has 0 aromatic carbocycles.